The molecule has 10 atom stereocenters. The maximum absolute atomic E-state index is 15.1. The van der Waals surface area contributed by atoms with E-state index in [-0.39, 0.29) is 53.4 Å². The lowest BCUT2D eigenvalue weighted by atomic mass is 9.44. The van der Waals surface area contributed by atoms with Gasteiger partial charge in [-0.05, 0) is 221 Å². The van der Waals surface area contributed by atoms with Gasteiger partial charge in [0.05, 0.1) is 17.2 Å². The van der Waals surface area contributed by atoms with Crippen LogP contribution in [0.1, 0.15) is 114 Å². The van der Waals surface area contributed by atoms with Gasteiger partial charge in [-0.3, -0.25) is 0 Å². The minimum absolute atomic E-state index is 0.0113. The van der Waals surface area contributed by atoms with Gasteiger partial charge < -0.3 is 35.6 Å². The topological polar surface area (TPSA) is 129 Å². The van der Waals surface area contributed by atoms with Crippen molar-refractivity contribution in [1.29, 1.82) is 0 Å². The van der Waals surface area contributed by atoms with Crippen LogP contribution in [0.5, 0.6) is 5.75 Å². The number of ether oxygens (including phenoxy) is 2. The molecule has 3 aliphatic heterocycles. The number of phenols is 1. The van der Waals surface area contributed by atoms with Gasteiger partial charge in [0.25, 0.3) is 0 Å². The largest absolute Gasteiger partial charge is 0.508 e. The smallest absolute Gasteiger partial charge is 0.340 e. The van der Waals surface area contributed by atoms with Gasteiger partial charge >= 0.3 is 11.9 Å². The zero-order valence-electron chi connectivity index (χ0n) is 40.4. The molecule has 358 valence electrons. The van der Waals surface area contributed by atoms with Crippen LogP contribution in [0.25, 0.3) is 16.7 Å². The highest BCUT2D eigenvalue weighted by Gasteiger charge is 2.69. The van der Waals surface area contributed by atoms with Crippen LogP contribution in [-0.2, 0) is 32.0 Å². The second kappa shape index (κ2) is 18.5. The Kier molecular flexibility index (Phi) is 12.4. The maximum Gasteiger partial charge on any atom is 0.340 e. The number of hydrogen-bond donors (Lipinski definition) is 5. The Balaban J connectivity index is 1.06. The Labute approximate surface area is 402 Å². The van der Waals surface area contributed by atoms with Crippen molar-refractivity contribution in [3.8, 4) is 16.9 Å². The van der Waals surface area contributed by atoms with Crippen molar-refractivity contribution in [2.75, 3.05) is 27.2 Å². The highest BCUT2D eigenvalue weighted by atomic mass is 16.6. The number of aliphatic hydroxyl groups is 1. The number of aromatic hydroxyl groups is 1. The van der Waals surface area contributed by atoms with Crippen LogP contribution in [0.2, 0.25) is 0 Å². The molecule has 2 bridgehead atoms. The zero-order chi connectivity index (χ0) is 46.7. The lowest BCUT2D eigenvalue weighted by molar-refractivity contribution is -0.135. The summed E-state index contributed by atoms with van der Waals surface area (Å²) in [7, 11) is 4.01. The van der Waals surface area contributed by atoms with Crippen LogP contribution in [0.4, 0.5) is 0 Å². The Bertz CT molecular complexity index is 2590. The molecule has 5 N–H and O–H groups in total. The number of esters is 2. The number of allylic oxidation sites excluding steroid dienone is 5. The molecule has 1 spiro atoms. The van der Waals surface area contributed by atoms with Crippen LogP contribution >= 0.6 is 0 Å². The van der Waals surface area contributed by atoms with E-state index in [0.29, 0.717) is 41.7 Å². The van der Waals surface area contributed by atoms with Crippen LogP contribution in [-0.4, -0.2) is 55.6 Å². The summed E-state index contributed by atoms with van der Waals surface area (Å²) in [5, 5.41) is 31.7. The van der Waals surface area contributed by atoms with Gasteiger partial charge in [0.15, 0.2) is 0 Å². The number of hydrogen-bond acceptors (Lipinski definition) is 9. The Morgan fingerprint density at radius 2 is 1.72 bits per heavy atom. The molecular formula is C59H71N3O6. The summed E-state index contributed by atoms with van der Waals surface area (Å²) < 4.78 is 13.5. The van der Waals surface area contributed by atoms with Crippen molar-refractivity contribution >= 4 is 17.5 Å². The number of piperidine rings is 1. The number of rotatable bonds is 13. The number of cyclic esters (lactones) is 2. The van der Waals surface area contributed by atoms with Gasteiger partial charge in [-0.25, -0.2) is 9.59 Å². The molecule has 0 radical (unpaired) electrons. The van der Waals surface area contributed by atoms with E-state index < -0.39 is 5.41 Å². The molecule has 3 heterocycles. The molecule has 3 aromatic rings. The van der Waals surface area contributed by atoms with E-state index in [1.165, 1.54) is 24.0 Å². The van der Waals surface area contributed by atoms with Crippen molar-refractivity contribution in [3.05, 3.63) is 129 Å². The summed E-state index contributed by atoms with van der Waals surface area (Å²) in [5.74, 6) is 2.88. The number of phenolic OH excluding ortho intramolecular Hbond substituents is 1. The maximum atomic E-state index is 15.1. The predicted octanol–water partition coefficient (Wildman–Crippen LogP) is 10.3. The molecule has 3 aromatic carbocycles. The molecule has 2 saturated heterocycles. The summed E-state index contributed by atoms with van der Waals surface area (Å²) in [6.07, 6.45) is 17.0. The molecule has 0 aromatic heterocycles. The lowest BCUT2D eigenvalue weighted by Gasteiger charge is -2.56. The summed E-state index contributed by atoms with van der Waals surface area (Å²) in [6, 6.07) is 24.7. The van der Waals surface area contributed by atoms with Crippen molar-refractivity contribution in [2.45, 2.75) is 116 Å². The van der Waals surface area contributed by atoms with Crippen molar-refractivity contribution in [3.63, 3.8) is 0 Å². The second-order valence-electron chi connectivity index (χ2n) is 21.9. The molecule has 9 heteroatoms. The molecule has 6 aliphatic carbocycles. The average molecular weight is 918 g/mol. The molecule has 10 unspecified atom stereocenters. The summed E-state index contributed by atoms with van der Waals surface area (Å²) in [6.45, 7) is 4.18. The summed E-state index contributed by atoms with van der Waals surface area (Å²) in [5.41, 5.74) is 9.45. The molecule has 3 saturated carbocycles. The molecule has 9 nitrogen and oxygen atoms in total. The van der Waals surface area contributed by atoms with E-state index in [1.807, 2.05) is 25.2 Å². The number of carbonyl (C=O) groups excluding carboxylic acids is 2. The lowest BCUT2D eigenvalue weighted by Crippen LogP contribution is -2.52. The van der Waals surface area contributed by atoms with E-state index in [4.69, 9.17) is 9.47 Å². The third-order valence-corrected chi connectivity index (χ3v) is 18.6. The molecule has 12 rings (SSSR count). The molecule has 9 aliphatic rings. The van der Waals surface area contributed by atoms with Crippen molar-refractivity contribution in [1.82, 2.24) is 16.0 Å². The van der Waals surface area contributed by atoms with Crippen LogP contribution in [0.3, 0.4) is 0 Å². The fraction of sp³-hybridized carbons (Fsp3) is 0.525. The summed E-state index contributed by atoms with van der Waals surface area (Å²) >= 11 is 0. The highest BCUT2D eigenvalue weighted by molar-refractivity contribution is 6.07. The number of fused-ring (bicyclic) bond motifs is 2. The quantitative estimate of drug-likeness (QED) is 0.106. The van der Waals surface area contributed by atoms with Crippen LogP contribution in [0.15, 0.2) is 113 Å². The van der Waals surface area contributed by atoms with Crippen molar-refractivity contribution < 1.29 is 29.3 Å². The Morgan fingerprint density at radius 1 is 0.882 bits per heavy atom. The van der Waals surface area contributed by atoms with Crippen molar-refractivity contribution in [2.24, 2.45) is 52.3 Å². The third-order valence-electron chi connectivity index (χ3n) is 18.6. The second-order valence-corrected chi connectivity index (χ2v) is 21.9. The fourth-order valence-corrected chi connectivity index (χ4v) is 15.8. The van der Waals surface area contributed by atoms with Gasteiger partial charge in [-0.1, -0.05) is 61.5 Å². The first-order valence-electron chi connectivity index (χ1n) is 26.2. The Morgan fingerprint density at radius 3 is 2.53 bits per heavy atom. The Hall–Kier alpha value is -4.80. The molecule has 0 amide bonds. The van der Waals surface area contributed by atoms with Gasteiger partial charge in [-0.2, -0.15) is 0 Å². The van der Waals surface area contributed by atoms with E-state index >= 15 is 9.59 Å². The minimum atomic E-state index is -0.853. The molecule has 5 fully saturated rings. The highest BCUT2D eigenvalue weighted by Crippen LogP contribution is 2.73. The number of carbonyl (C=O) groups is 2. The third kappa shape index (κ3) is 7.57. The standard InChI is InChI=1S/C59H71N3O6/c1-4-35(26-36-10-6-5-7-11-36)29-49-59-23-21-45(51(54(59)57(66)67-49)48-31-43(64)17-18-44(48)39-14-8-12-38(27-39)34-60-2)46-19-20-47-52(53(46)59)56(65)68-55(47)40-15-16-41-28-37(13-9-25-63)32-58(41,33-40)42-22-24-62-50(30-42)61-3/h5-8,10-12,14,17-18,27,29,31,35,37,41-42,45-46,50,53,60-64H,4,9,13,15-16,19-26,28,30,32-34H2,1-3H3. The SMILES string of the molecule is CCC(C=C1OC(=O)C2=C(c3cc(O)ccc3-c3cccc(CNC)c3)C3CCC12C1C2=C(CCC31)C(=C1CCC3CC(CCCO)CC3(C3CCNC(NC)C3)C1)OC2=O)Cc1ccccc1. The van der Waals surface area contributed by atoms with E-state index in [1.54, 1.807) is 6.07 Å². The van der Waals surface area contributed by atoms with E-state index in [2.05, 4.69) is 84.5 Å². The zero-order valence-corrected chi connectivity index (χ0v) is 40.4. The van der Waals surface area contributed by atoms with Gasteiger partial charge in [0.2, 0.25) is 0 Å². The van der Waals surface area contributed by atoms with Crippen LogP contribution < -0.4 is 16.0 Å². The number of aliphatic hydroxyl groups excluding tert-OH is 1. The first-order valence-corrected chi connectivity index (χ1v) is 26.2. The normalized spacial score (nSPS) is 33.9. The fourth-order valence-electron chi connectivity index (χ4n) is 15.8. The number of nitrogens with one attached hydrogen (secondary N) is 3. The van der Waals surface area contributed by atoms with E-state index in [9.17, 15) is 10.2 Å². The average Bonchev–Trinajstić information content (AvgIpc) is 4.02. The summed E-state index contributed by atoms with van der Waals surface area (Å²) in [4.78, 5) is 30.2. The number of benzene rings is 3. The molecule has 68 heavy (non-hydrogen) atoms. The first-order chi connectivity index (χ1) is 33.2. The van der Waals surface area contributed by atoms with Gasteiger partial charge in [0.1, 0.15) is 17.3 Å². The first kappa shape index (κ1) is 45.6. The van der Waals surface area contributed by atoms with Gasteiger partial charge in [0, 0.05) is 30.2 Å². The molecular weight excluding hydrogens is 847 g/mol. The van der Waals surface area contributed by atoms with Crippen LogP contribution in [0, 0.1) is 52.3 Å². The monoisotopic (exact) mass is 918 g/mol. The minimum Gasteiger partial charge on any atom is -0.508 e. The van der Waals surface area contributed by atoms with E-state index in [0.717, 1.165) is 135 Å². The predicted molar refractivity (Wildman–Crippen MR) is 265 cm³/mol. The van der Waals surface area contributed by atoms with Gasteiger partial charge in [-0.15, -0.1) is 0 Å².